The monoisotopic (exact) mass is 279 g/mol. The highest BCUT2D eigenvalue weighted by atomic mass is 16.1. The minimum atomic E-state index is 0.268. The van der Waals surface area contributed by atoms with Crippen LogP contribution in [0.25, 0.3) is 0 Å². The summed E-state index contributed by atoms with van der Waals surface area (Å²) in [7, 11) is 0. The number of Topliss-reactive ketones (excluding diaryl/α,β-unsaturated/α-hetero) is 1. The second-order valence-electron chi connectivity index (χ2n) is 4.94. The Labute approximate surface area is 124 Å². The van der Waals surface area contributed by atoms with E-state index in [4.69, 9.17) is 5.26 Å². The molecule has 4 nitrogen and oxygen atoms in total. The summed E-state index contributed by atoms with van der Waals surface area (Å²) < 4.78 is 0. The maximum Gasteiger partial charge on any atom is 0.167 e. The Morgan fingerprint density at radius 1 is 1.10 bits per heavy atom. The summed E-state index contributed by atoms with van der Waals surface area (Å²) in [6.07, 6.45) is 11.1. The molecule has 3 rings (SSSR count). The van der Waals surface area contributed by atoms with Gasteiger partial charge in [-0.1, -0.05) is 12.8 Å². The van der Waals surface area contributed by atoms with Crippen molar-refractivity contribution in [1.29, 1.82) is 5.26 Å². The zero-order valence-electron chi connectivity index (χ0n) is 11.8. The first-order valence-corrected chi connectivity index (χ1v) is 7.05. The van der Waals surface area contributed by atoms with Crippen LogP contribution < -0.4 is 0 Å². The summed E-state index contributed by atoms with van der Waals surface area (Å²) in [4.78, 5) is 19.5. The molecule has 1 aliphatic rings. The summed E-state index contributed by atoms with van der Waals surface area (Å²) in [5, 5.41) is 8.25. The van der Waals surface area contributed by atoms with Crippen molar-refractivity contribution < 1.29 is 4.79 Å². The summed E-state index contributed by atoms with van der Waals surface area (Å²) in [6, 6.07) is 9.09. The molecule has 0 unspecified atom stereocenters. The molecule has 0 bridgehead atoms. The third kappa shape index (κ3) is 4.50. The lowest BCUT2D eigenvalue weighted by atomic mass is 9.98. The molecule has 1 fully saturated rings. The van der Waals surface area contributed by atoms with E-state index < -0.39 is 0 Å². The standard InChI is InChI=1S/C11H13NO.C6H4N2/c13-11(9-4-1-2-5-9)10-6-3-7-12-8-10;7-4-6-2-1-3-8-5-6/h3,6-9H,1-2,4-5H2;1-3,5H. The van der Waals surface area contributed by atoms with Gasteiger partial charge in [-0.05, 0) is 37.1 Å². The molecule has 0 radical (unpaired) electrons. The van der Waals surface area contributed by atoms with Crippen LogP contribution in [0.15, 0.2) is 49.1 Å². The van der Waals surface area contributed by atoms with Crippen LogP contribution in [0.1, 0.15) is 41.6 Å². The van der Waals surface area contributed by atoms with Crippen LogP contribution in [0.4, 0.5) is 0 Å². The first-order chi connectivity index (χ1) is 10.3. The van der Waals surface area contributed by atoms with Gasteiger partial charge in [0.1, 0.15) is 6.07 Å². The first-order valence-electron chi connectivity index (χ1n) is 7.05. The molecular weight excluding hydrogens is 262 g/mol. The minimum absolute atomic E-state index is 0.268. The van der Waals surface area contributed by atoms with Crippen molar-refractivity contribution in [3.63, 3.8) is 0 Å². The normalized spacial score (nSPS) is 13.9. The molecule has 1 aliphatic carbocycles. The largest absolute Gasteiger partial charge is 0.294 e. The molecule has 0 spiro atoms. The van der Waals surface area contributed by atoms with Crippen molar-refractivity contribution in [2.75, 3.05) is 0 Å². The Morgan fingerprint density at radius 3 is 2.24 bits per heavy atom. The topological polar surface area (TPSA) is 66.6 Å². The fraction of sp³-hybridized carbons (Fsp3) is 0.294. The third-order valence-corrected chi connectivity index (χ3v) is 3.46. The fourth-order valence-corrected chi connectivity index (χ4v) is 2.36. The van der Waals surface area contributed by atoms with Gasteiger partial charge in [-0.3, -0.25) is 14.8 Å². The van der Waals surface area contributed by atoms with Crippen molar-refractivity contribution in [2.24, 2.45) is 5.92 Å². The quantitative estimate of drug-likeness (QED) is 0.790. The predicted octanol–water partition coefficient (Wildman–Crippen LogP) is 3.41. The van der Waals surface area contributed by atoms with Gasteiger partial charge in [-0.2, -0.15) is 5.26 Å². The number of rotatable bonds is 2. The predicted molar refractivity (Wildman–Crippen MR) is 79.5 cm³/mol. The van der Waals surface area contributed by atoms with Crippen molar-refractivity contribution in [3.05, 3.63) is 60.2 Å². The van der Waals surface area contributed by atoms with Gasteiger partial charge in [-0.15, -0.1) is 0 Å². The Balaban J connectivity index is 0.000000173. The molecule has 0 amide bonds. The van der Waals surface area contributed by atoms with E-state index in [0.29, 0.717) is 5.56 Å². The summed E-state index contributed by atoms with van der Waals surface area (Å²) in [6.45, 7) is 0. The molecule has 2 aromatic heterocycles. The average Bonchev–Trinajstić information content (AvgIpc) is 3.11. The van der Waals surface area contributed by atoms with E-state index in [1.807, 2.05) is 18.2 Å². The Kier molecular flexibility index (Phi) is 5.60. The highest BCUT2D eigenvalue weighted by Gasteiger charge is 2.23. The summed E-state index contributed by atoms with van der Waals surface area (Å²) in [5.74, 6) is 0.551. The van der Waals surface area contributed by atoms with Gasteiger partial charge in [0, 0.05) is 36.3 Å². The van der Waals surface area contributed by atoms with Gasteiger partial charge in [0.15, 0.2) is 5.78 Å². The van der Waals surface area contributed by atoms with Crippen molar-refractivity contribution in [3.8, 4) is 6.07 Å². The number of aromatic nitrogens is 2. The third-order valence-electron chi connectivity index (χ3n) is 3.46. The van der Waals surface area contributed by atoms with Gasteiger partial charge < -0.3 is 0 Å². The molecule has 4 heteroatoms. The Bertz CT molecular complexity index is 599. The lowest BCUT2D eigenvalue weighted by Crippen LogP contribution is -2.10. The molecule has 0 saturated heterocycles. The summed E-state index contributed by atoms with van der Waals surface area (Å²) in [5.41, 5.74) is 1.38. The highest BCUT2D eigenvalue weighted by Crippen LogP contribution is 2.27. The van der Waals surface area contributed by atoms with Gasteiger partial charge in [-0.25, -0.2) is 0 Å². The average molecular weight is 279 g/mol. The number of hydrogen-bond donors (Lipinski definition) is 0. The molecule has 0 N–H and O–H groups in total. The number of carbonyl (C=O) groups is 1. The van der Waals surface area contributed by atoms with E-state index in [-0.39, 0.29) is 11.7 Å². The number of pyridine rings is 2. The highest BCUT2D eigenvalue weighted by molar-refractivity contribution is 5.97. The van der Waals surface area contributed by atoms with Crippen molar-refractivity contribution in [1.82, 2.24) is 9.97 Å². The van der Waals surface area contributed by atoms with Crippen LogP contribution in [0.3, 0.4) is 0 Å². The molecule has 0 atom stereocenters. The second-order valence-corrected chi connectivity index (χ2v) is 4.94. The zero-order chi connectivity index (χ0) is 14.9. The second kappa shape index (κ2) is 7.91. The smallest absolute Gasteiger partial charge is 0.167 e. The lowest BCUT2D eigenvalue weighted by Gasteiger charge is -2.06. The Hall–Kier alpha value is -2.54. The van der Waals surface area contributed by atoms with Gasteiger partial charge >= 0.3 is 0 Å². The molecule has 0 aliphatic heterocycles. The van der Waals surface area contributed by atoms with E-state index >= 15 is 0 Å². The molecule has 106 valence electrons. The van der Waals surface area contributed by atoms with Gasteiger partial charge in [0.25, 0.3) is 0 Å². The van der Waals surface area contributed by atoms with E-state index in [1.54, 1.807) is 30.7 Å². The molecule has 21 heavy (non-hydrogen) atoms. The Morgan fingerprint density at radius 2 is 1.76 bits per heavy atom. The van der Waals surface area contributed by atoms with Crippen LogP contribution in [0.2, 0.25) is 0 Å². The van der Waals surface area contributed by atoms with E-state index in [0.717, 1.165) is 18.4 Å². The van der Waals surface area contributed by atoms with Gasteiger partial charge in [0.05, 0.1) is 5.56 Å². The summed E-state index contributed by atoms with van der Waals surface area (Å²) >= 11 is 0. The molecule has 1 saturated carbocycles. The van der Waals surface area contributed by atoms with Crippen LogP contribution >= 0.6 is 0 Å². The van der Waals surface area contributed by atoms with E-state index in [9.17, 15) is 4.79 Å². The number of carbonyl (C=O) groups excluding carboxylic acids is 1. The molecule has 2 aromatic rings. The van der Waals surface area contributed by atoms with Crippen molar-refractivity contribution >= 4 is 5.78 Å². The van der Waals surface area contributed by atoms with Crippen LogP contribution in [-0.2, 0) is 0 Å². The number of ketones is 1. The van der Waals surface area contributed by atoms with E-state index in [2.05, 4.69) is 9.97 Å². The number of hydrogen-bond acceptors (Lipinski definition) is 4. The molecule has 2 heterocycles. The SMILES string of the molecule is N#Cc1cccnc1.O=C(c1cccnc1)C1CCCC1. The maximum atomic E-state index is 11.8. The van der Waals surface area contributed by atoms with Crippen LogP contribution in [0.5, 0.6) is 0 Å². The first kappa shape index (κ1) is 14.9. The van der Waals surface area contributed by atoms with Crippen LogP contribution in [0, 0.1) is 17.2 Å². The zero-order valence-corrected chi connectivity index (χ0v) is 11.8. The van der Waals surface area contributed by atoms with Gasteiger partial charge in [0.2, 0.25) is 0 Å². The molecule has 0 aromatic carbocycles. The number of nitriles is 1. The lowest BCUT2D eigenvalue weighted by molar-refractivity contribution is 0.0922. The van der Waals surface area contributed by atoms with E-state index in [1.165, 1.54) is 19.0 Å². The number of nitrogens with zero attached hydrogens (tertiary/aromatic N) is 3. The minimum Gasteiger partial charge on any atom is -0.294 e. The fourth-order valence-electron chi connectivity index (χ4n) is 2.36. The van der Waals surface area contributed by atoms with Crippen LogP contribution in [-0.4, -0.2) is 15.8 Å². The van der Waals surface area contributed by atoms with Crippen molar-refractivity contribution in [2.45, 2.75) is 25.7 Å². The molecular formula is C17H17N3O. The maximum absolute atomic E-state index is 11.8.